The number of ether oxygens (including phenoxy) is 5. The van der Waals surface area contributed by atoms with Gasteiger partial charge in [0.25, 0.3) is 0 Å². The van der Waals surface area contributed by atoms with Crippen LogP contribution in [0.1, 0.15) is 12.8 Å². The predicted octanol–water partition coefficient (Wildman–Crippen LogP) is -0.109. The first-order valence-electron chi connectivity index (χ1n) is 6.20. The van der Waals surface area contributed by atoms with Crippen molar-refractivity contribution in [2.24, 2.45) is 11.3 Å². The van der Waals surface area contributed by atoms with E-state index in [2.05, 4.69) is 4.74 Å². The monoisotopic (exact) mass is 304 g/mol. The van der Waals surface area contributed by atoms with Crippen molar-refractivity contribution in [3.8, 4) is 0 Å². The van der Waals surface area contributed by atoms with Crippen LogP contribution in [-0.4, -0.2) is 59.2 Å². The minimum atomic E-state index is -1.43. The molecule has 0 N–H and O–H groups in total. The molecule has 0 heterocycles. The molecule has 8 heteroatoms. The number of hydrogen-bond donors (Lipinski definition) is 0. The lowest BCUT2D eigenvalue weighted by atomic mass is 9.53. The van der Waals surface area contributed by atoms with Gasteiger partial charge in [0.15, 0.2) is 5.79 Å². The Morgan fingerprint density at radius 2 is 1.52 bits per heavy atom. The van der Waals surface area contributed by atoms with E-state index in [0.29, 0.717) is 0 Å². The van der Waals surface area contributed by atoms with E-state index in [-0.39, 0.29) is 12.8 Å². The lowest BCUT2D eigenvalue weighted by Crippen LogP contribution is -2.69. The van der Waals surface area contributed by atoms with Crippen molar-refractivity contribution in [1.29, 1.82) is 0 Å². The van der Waals surface area contributed by atoms with Crippen molar-refractivity contribution in [2.45, 2.75) is 18.6 Å². The van der Waals surface area contributed by atoms with Crippen molar-refractivity contribution in [2.75, 3.05) is 35.5 Å². The third-order valence-electron chi connectivity index (χ3n) is 3.96. The van der Waals surface area contributed by atoms with Gasteiger partial charge in [-0.1, -0.05) is 0 Å². The number of esters is 3. The topological polar surface area (TPSA) is 97.4 Å². The molecule has 1 saturated carbocycles. The van der Waals surface area contributed by atoms with Crippen LogP contribution in [0.4, 0.5) is 0 Å². The van der Waals surface area contributed by atoms with Gasteiger partial charge in [0.1, 0.15) is 11.3 Å². The van der Waals surface area contributed by atoms with Gasteiger partial charge in [-0.3, -0.25) is 14.4 Å². The van der Waals surface area contributed by atoms with Gasteiger partial charge < -0.3 is 23.7 Å². The molecule has 21 heavy (non-hydrogen) atoms. The summed E-state index contributed by atoms with van der Waals surface area (Å²) in [5.41, 5.74) is -1.43. The van der Waals surface area contributed by atoms with Gasteiger partial charge in [0.05, 0.1) is 27.8 Å². The van der Waals surface area contributed by atoms with Gasteiger partial charge in [0, 0.05) is 20.6 Å². The highest BCUT2D eigenvalue weighted by atomic mass is 16.7. The summed E-state index contributed by atoms with van der Waals surface area (Å²) in [6, 6.07) is 0. The Hall–Kier alpha value is -1.67. The standard InChI is InChI=1S/C13H20O8/c1-17-8(14)6-12(11(16)19-3)7-13(20-4,21-5)9(12)10(15)18-2/h9H,6-7H2,1-5H3/t9-,12+/m0/s1. The summed E-state index contributed by atoms with van der Waals surface area (Å²) in [6.45, 7) is 0. The van der Waals surface area contributed by atoms with Crippen molar-refractivity contribution in [3.63, 3.8) is 0 Å². The van der Waals surface area contributed by atoms with E-state index in [4.69, 9.17) is 18.9 Å². The first-order chi connectivity index (χ1) is 9.87. The second-order valence-corrected chi connectivity index (χ2v) is 4.75. The Kier molecular flexibility index (Phi) is 5.30. The van der Waals surface area contributed by atoms with Crippen LogP contribution in [0.2, 0.25) is 0 Å². The van der Waals surface area contributed by atoms with Crippen LogP contribution in [0.3, 0.4) is 0 Å². The molecule has 0 radical (unpaired) electrons. The van der Waals surface area contributed by atoms with E-state index in [9.17, 15) is 14.4 Å². The fourth-order valence-corrected chi connectivity index (χ4v) is 2.88. The minimum absolute atomic E-state index is 0.0193. The number of methoxy groups -OCH3 is 5. The summed E-state index contributed by atoms with van der Waals surface area (Å²) in [5.74, 6) is -4.55. The van der Waals surface area contributed by atoms with Crippen molar-refractivity contribution in [3.05, 3.63) is 0 Å². The van der Waals surface area contributed by atoms with Crippen LogP contribution >= 0.6 is 0 Å². The zero-order valence-electron chi connectivity index (χ0n) is 12.8. The summed E-state index contributed by atoms with van der Waals surface area (Å²) in [5, 5.41) is 0. The largest absolute Gasteiger partial charge is 0.469 e. The molecular weight excluding hydrogens is 284 g/mol. The van der Waals surface area contributed by atoms with Crippen LogP contribution in [0.15, 0.2) is 0 Å². The van der Waals surface area contributed by atoms with Crippen LogP contribution in [0.25, 0.3) is 0 Å². The van der Waals surface area contributed by atoms with Crippen LogP contribution in [-0.2, 0) is 38.1 Å². The normalized spacial score (nSPS) is 26.4. The van der Waals surface area contributed by atoms with Crippen molar-refractivity contribution >= 4 is 17.9 Å². The quantitative estimate of drug-likeness (QED) is 0.381. The van der Waals surface area contributed by atoms with Crippen molar-refractivity contribution in [1.82, 2.24) is 0 Å². The molecule has 120 valence electrons. The lowest BCUT2D eigenvalue weighted by Gasteiger charge is -2.56. The second-order valence-electron chi connectivity index (χ2n) is 4.75. The highest BCUT2D eigenvalue weighted by Gasteiger charge is 2.73. The second kappa shape index (κ2) is 6.40. The molecule has 0 aromatic carbocycles. The molecule has 1 aliphatic rings. The maximum Gasteiger partial charge on any atom is 0.315 e. The van der Waals surface area contributed by atoms with Gasteiger partial charge in [-0.15, -0.1) is 0 Å². The minimum Gasteiger partial charge on any atom is -0.469 e. The van der Waals surface area contributed by atoms with E-state index in [1.54, 1.807) is 0 Å². The predicted molar refractivity (Wildman–Crippen MR) is 68.0 cm³/mol. The Morgan fingerprint density at radius 3 is 1.90 bits per heavy atom. The van der Waals surface area contributed by atoms with Crippen LogP contribution < -0.4 is 0 Å². The number of carbonyl (C=O) groups is 3. The maximum atomic E-state index is 12.2. The average molecular weight is 304 g/mol. The Morgan fingerprint density at radius 1 is 0.952 bits per heavy atom. The molecule has 0 saturated heterocycles. The molecule has 8 nitrogen and oxygen atoms in total. The van der Waals surface area contributed by atoms with Gasteiger partial charge in [-0.05, 0) is 0 Å². The third-order valence-corrected chi connectivity index (χ3v) is 3.96. The fourth-order valence-electron chi connectivity index (χ4n) is 2.88. The molecule has 1 fully saturated rings. The molecule has 0 aliphatic heterocycles. The summed E-state index contributed by atoms with van der Waals surface area (Å²) < 4.78 is 24.5. The molecule has 1 aliphatic carbocycles. The number of carbonyl (C=O) groups excluding carboxylic acids is 3. The molecule has 2 atom stereocenters. The Bertz CT molecular complexity index is 428. The average Bonchev–Trinajstić information content (AvgIpc) is 2.49. The molecule has 0 aromatic rings. The zero-order valence-corrected chi connectivity index (χ0v) is 12.8. The smallest absolute Gasteiger partial charge is 0.315 e. The van der Waals surface area contributed by atoms with E-state index < -0.39 is 35.0 Å². The molecule has 0 spiro atoms. The molecule has 0 unspecified atom stereocenters. The first kappa shape index (κ1) is 17.4. The van der Waals surface area contributed by atoms with Gasteiger partial charge in [0.2, 0.25) is 0 Å². The maximum absolute atomic E-state index is 12.2. The SMILES string of the molecule is COC(=O)C[C@@]1(C(=O)OC)CC(OC)(OC)[C@H]1C(=O)OC. The van der Waals surface area contributed by atoms with Gasteiger partial charge in [-0.25, -0.2) is 0 Å². The van der Waals surface area contributed by atoms with Crippen LogP contribution in [0.5, 0.6) is 0 Å². The lowest BCUT2D eigenvalue weighted by molar-refractivity contribution is -0.330. The van der Waals surface area contributed by atoms with Crippen LogP contribution in [0, 0.1) is 11.3 Å². The van der Waals surface area contributed by atoms with Crippen molar-refractivity contribution < 1.29 is 38.1 Å². The van der Waals surface area contributed by atoms with E-state index >= 15 is 0 Å². The third kappa shape index (κ3) is 2.60. The molecular formula is C13H20O8. The highest BCUT2D eigenvalue weighted by Crippen LogP contribution is 2.59. The molecule has 0 amide bonds. The molecule has 1 rings (SSSR count). The molecule has 0 aromatic heterocycles. The fraction of sp³-hybridized carbons (Fsp3) is 0.769. The highest BCUT2D eigenvalue weighted by molar-refractivity contribution is 5.92. The summed E-state index contributed by atoms with van der Waals surface area (Å²) in [7, 11) is 6.24. The van der Waals surface area contributed by atoms with E-state index in [0.717, 1.165) is 0 Å². The van der Waals surface area contributed by atoms with Gasteiger partial charge >= 0.3 is 17.9 Å². The number of rotatable bonds is 6. The Labute approximate surface area is 122 Å². The Balaban J connectivity index is 3.27. The summed E-state index contributed by atoms with van der Waals surface area (Å²) in [4.78, 5) is 35.9. The zero-order chi connectivity index (χ0) is 16.3. The summed E-state index contributed by atoms with van der Waals surface area (Å²) in [6.07, 6.45) is -0.348. The van der Waals surface area contributed by atoms with Gasteiger partial charge in [-0.2, -0.15) is 0 Å². The summed E-state index contributed by atoms with van der Waals surface area (Å²) >= 11 is 0. The molecule has 0 bridgehead atoms. The van der Waals surface area contributed by atoms with E-state index in [1.807, 2.05) is 0 Å². The number of hydrogen-bond acceptors (Lipinski definition) is 8. The first-order valence-corrected chi connectivity index (χ1v) is 6.20. The van der Waals surface area contributed by atoms with E-state index in [1.165, 1.54) is 35.5 Å².